The molecule has 0 saturated heterocycles. The third kappa shape index (κ3) is 5.14. The lowest BCUT2D eigenvalue weighted by Crippen LogP contribution is -2.29. The molecule has 0 heterocycles. The number of nitrogens with one attached hydrogen (secondary N) is 1. The van der Waals surface area contributed by atoms with Crippen molar-refractivity contribution < 1.29 is 22.6 Å². The second-order valence-corrected chi connectivity index (χ2v) is 8.15. The summed E-state index contributed by atoms with van der Waals surface area (Å²) in [6.45, 7) is 6.08. The summed E-state index contributed by atoms with van der Waals surface area (Å²) in [5.41, 5.74) is 1.49. The van der Waals surface area contributed by atoms with Gasteiger partial charge in [0, 0.05) is 6.54 Å². The van der Waals surface area contributed by atoms with Gasteiger partial charge in [0.25, 0.3) is 0 Å². The van der Waals surface area contributed by atoms with Gasteiger partial charge in [-0.05, 0) is 48.2 Å². The van der Waals surface area contributed by atoms with Gasteiger partial charge in [-0.25, -0.2) is 13.1 Å². The number of para-hydroxylation sites is 2. The van der Waals surface area contributed by atoms with Crippen molar-refractivity contribution in [1.29, 1.82) is 0 Å². The van der Waals surface area contributed by atoms with Gasteiger partial charge in [-0.3, -0.25) is 0 Å². The Bertz CT molecular complexity index is 878. The lowest BCUT2D eigenvalue weighted by atomic mass is 10.0. The molecule has 0 saturated carbocycles. The number of hydrogen-bond donors (Lipinski definition) is 1. The van der Waals surface area contributed by atoms with Gasteiger partial charge in [-0.15, -0.1) is 0 Å². The minimum absolute atomic E-state index is 0.142. The van der Waals surface area contributed by atoms with Crippen LogP contribution in [0.15, 0.2) is 41.3 Å². The standard InChI is InChI=1S/C20H27NO5S/c1-14(2)16-13-20(15(3)12-19(16)25-5)27(22,23)21-10-11-26-18-9-7-6-8-17(18)24-4/h6-9,12-14,21H,10-11H2,1-5H3. The summed E-state index contributed by atoms with van der Waals surface area (Å²) in [7, 11) is -0.514. The van der Waals surface area contributed by atoms with Crippen molar-refractivity contribution in [1.82, 2.24) is 4.72 Å². The third-order valence-electron chi connectivity index (χ3n) is 4.16. The summed E-state index contributed by atoms with van der Waals surface area (Å²) in [4.78, 5) is 0.254. The first kappa shape index (κ1) is 21.1. The molecule has 0 aliphatic heterocycles. The van der Waals surface area contributed by atoms with Gasteiger partial charge >= 0.3 is 0 Å². The summed E-state index contributed by atoms with van der Waals surface area (Å²) in [5.74, 6) is 2.01. The molecule has 2 aromatic rings. The van der Waals surface area contributed by atoms with Gasteiger partial charge in [0.05, 0.1) is 19.1 Å². The molecular weight excluding hydrogens is 366 g/mol. The van der Waals surface area contributed by atoms with Gasteiger partial charge in [-0.2, -0.15) is 0 Å². The Kier molecular flexibility index (Phi) is 7.10. The predicted octanol–water partition coefficient (Wildman–Crippen LogP) is 3.49. The average molecular weight is 394 g/mol. The molecule has 0 radical (unpaired) electrons. The van der Waals surface area contributed by atoms with Crippen molar-refractivity contribution in [3.8, 4) is 17.2 Å². The Balaban J connectivity index is 2.09. The maximum atomic E-state index is 12.7. The fourth-order valence-electron chi connectivity index (χ4n) is 2.75. The molecule has 0 spiro atoms. The van der Waals surface area contributed by atoms with E-state index >= 15 is 0 Å². The Morgan fingerprint density at radius 3 is 2.22 bits per heavy atom. The minimum atomic E-state index is -3.66. The fourth-order valence-corrected chi connectivity index (χ4v) is 4.02. The number of rotatable bonds is 9. The van der Waals surface area contributed by atoms with E-state index in [1.165, 1.54) is 0 Å². The highest BCUT2D eigenvalue weighted by Crippen LogP contribution is 2.31. The molecule has 0 fully saturated rings. The molecule has 27 heavy (non-hydrogen) atoms. The van der Waals surface area contributed by atoms with E-state index in [9.17, 15) is 8.42 Å². The van der Waals surface area contributed by atoms with Crippen LogP contribution in [0.3, 0.4) is 0 Å². The van der Waals surface area contributed by atoms with E-state index in [2.05, 4.69) is 4.72 Å². The van der Waals surface area contributed by atoms with Crippen LogP contribution in [0.1, 0.15) is 30.9 Å². The maximum absolute atomic E-state index is 12.7. The van der Waals surface area contributed by atoms with Crippen LogP contribution in [0.25, 0.3) is 0 Å². The molecule has 0 aromatic heterocycles. The minimum Gasteiger partial charge on any atom is -0.496 e. The Hall–Kier alpha value is -2.25. The molecule has 0 bridgehead atoms. The molecule has 1 N–H and O–H groups in total. The number of hydrogen-bond acceptors (Lipinski definition) is 5. The van der Waals surface area contributed by atoms with Crippen LogP contribution in [0.5, 0.6) is 17.2 Å². The summed E-state index contributed by atoms with van der Waals surface area (Å²) in [5, 5.41) is 0. The van der Waals surface area contributed by atoms with Crippen molar-refractivity contribution in [3.05, 3.63) is 47.5 Å². The number of aryl methyl sites for hydroxylation is 1. The highest BCUT2D eigenvalue weighted by Gasteiger charge is 2.20. The molecule has 2 rings (SSSR count). The SMILES string of the molecule is COc1ccccc1OCCNS(=O)(=O)c1cc(C(C)C)c(OC)cc1C. The van der Waals surface area contributed by atoms with Gasteiger partial charge in [0.1, 0.15) is 12.4 Å². The smallest absolute Gasteiger partial charge is 0.240 e. The third-order valence-corrected chi connectivity index (χ3v) is 5.76. The van der Waals surface area contributed by atoms with E-state index in [1.54, 1.807) is 45.4 Å². The number of sulfonamides is 1. The van der Waals surface area contributed by atoms with Crippen molar-refractivity contribution in [2.45, 2.75) is 31.6 Å². The zero-order valence-corrected chi connectivity index (χ0v) is 17.2. The average Bonchev–Trinajstić information content (AvgIpc) is 2.64. The van der Waals surface area contributed by atoms with Crippen LogP contribution in [-0.4, -0.2) is 35.8 Å². The number of methoxy groups -OCH3 is 2. The summed E-state index contributed by atoms with van der Waals surface area (Å²) in [6.07, 6.45) is 0. The van der Waals surface area contributed by atoms with Gasteiger partial charge < -0.3 is 14.2 Å². The van der Waals surface area contributed by atoms with Crippen LogP contribution in [0.4, 0.5) is 0 Å². The second-order valence-electron chi connectivity index (χ2n) is 6.41. The van der Waals surface area contributed by atoms with E-state index in [0.29, 0.717) is 22.8 Å². The van der Waals surface area contributed by atoms with Crippen molar-refractivity contribution in [2.75, 3.05) is 27.4 Å². The molecule has 6 nitrogen and oxygen atoms in total. The first-order valence-corrected chi connectivity index (χ1v) is 10.2. The summed E-state index contributed by atoms with van der Waals surface area (Å²) >= 11 is 0. The Morgan fingerprint density at radius 2 is 1.63 bits per heavy atom. The Morgan fingerprint density at radius 1 is 1.00 bits per heavy atom. The van der Waals surface area contributed by atoms with Crippen LogP contribution < -0.4 is 18.9 Å². The van der Waals surface area contributed by atoms with Crippen LogP contribution in [0.2, 0.25) is 0 Å². The van der Waals surface area contributed by atoms with Crippen LogP contribution in [-0.2, 0) is 10.0 Å². The molecule has 7 heteroatoms. The lowest BCUT2D eigenvalue weighted by molar-refractivity contribution is 0.298. The molecular formula is C20H27NO5S. The first-order chi connectivity index (χ1) is 12.8. The van der Waals surface area contributed by atoms with Crippen molar-refractivity contribution >= 4 is 10.0 Å². The zero-order chi connectivity index (χ0) is 20.0. The fraction of sp³-hybridized carbons (Fsp3) is 0.400. The normalized spacial score (nSPS) is 11.5. The Labute approximate surface area is 161 Å². The summed E-state index contributed by atoms with van der Waals surface area (Å²) in [6, 6.07) is 10.7. The monoisotopic (exact) mass is 393 g/mol. The van der Waals surface area contributed by atoms with Gasteiger partial charge in [0.2, 0.25) is 10.0 Å². The van der Waals surface area contributed by atoms with E-state index in [1.807, 2.05) is 26.0 Å². The lowest BCUT2D eigenvalue weighted by Gasteiger charge is -2.17. The van der Waals surface area contributed by atoms with E-state index in [0.717, 1.165) is 5.56 Å². The second kappa shape index (κ2) is 9.10. The molecule has 0 atom stereocenters. The predicted molar refractivity (Wildman–Crippen MR) is 105 cm³/mol. The van der Waals surface area contributed by atoms with Crippen LogP contribution in [0, 0.1) is 6.92 Å². The zero-order valence-electron chi connectivity index (χ0n) is 16.4. The summed E-state index contributed by atoms with van der Waals surface area (Å²) < 4.78 is 44.3. The molecule has 2 aromatic carbocycles. The topological polar surface area (TPSA) is 73.9 Å². The van der Waals surface area contributed by atoms with E-state index in [4.69, 9.17) is 14.2 Å². The van der Waals surface area contributed by atoms with E-state index < -0.39 is 10.0 Å². The molecule has 0 aliphatic carbocycles. The quantitative estimate of drug-likeness (QED) is 0.660. The van der Waals surface area contributed by atoms with Gasteiger partial charge in [0.15, 0.2) is 11.5 Å². The van der Waals surface area contributed by atoms with E-state index in [-0.39, 0.29) is 24.0 Å². The van der Waals surface area contributed by atoms with Gasteiger partial charge in [-0.1, -0.05) is 26.0 Å². The highest BCUT2D eigenvalue weighted by atomic mass is 32.2. The first-order valence-electron chi connectivity index (χ1n) is 8.74. The molecule has 0 unspecified atom stereocenters. The van der Waals surface area contributed by atoms with Crippen molar-refractivity contribution in [2.24, 2.45) is 0 Å². The van der Waals surface area contributed by atoms with Crippen molar-refractivity contribution in [3.63, 3.8) is 0 Å². The van der Waals surface area contributed by atoms with Crippen LogP contribution >= 0.6 is 0 Å². The molecule has 148 valence electrons. The molecule has 0 aliphatic rings. The highest BCUT2D eigenvalue weighted by molar-refractivity contribution is 7.89. The maximum Gasteiger partial charge on any atom is 0.240 e. The molecule has 0 amide bonds. The number of ether oxygens (including phenoxy) is 3. The largest absolute Gasteiger partial charge is 0.496 e. The number of benzene rings is 2.